The molecule has 2 aromatic rings. The second-order valence-electron chi connectivity index (χ2n) is 9.67. The summed E-state index contributed by atoms with van der Waals surface area (Å²) in [6.07, 6.45) is 3.57. The minimum absolute atomic E-state index is 0.0193. The van der Waals surface area contributed by atoms with Crippen molar-refractivity contribution in [2.24, 2.45) is 0 Å². The summed E-state index contributed by atoms with van der Waals surface area (Å²) in [5, 5.41) is 6.59. The molecular formula is C28H30F6N6O. The Balaban J connectivity index is 1.63. The van der Waals surface area contributed by atoms with Gasteiger partial charge in [0.05, 0.1) is 24.5 Å². The van der Waals surface area contributed by atoms with Gasteiger partial charge in [-0.05, 0) is 54.5 Å². The van der Waals surface area contributed by atoms with Gasteiger partial charge in [0.15, 0.2) is 0 Å². The van der Waals surface area contributed by atoms with Crippen molar-refractivity contribution in [1.82, 2.24) is 19.6 Å². The van der Waals surface area contributed by atoms with E-state index in [4.69, 9.17) is 0 Å². The van der Waals surface area contributed by atoms with E-state index < -0.39 is 36.2 Å². The van der Waals surface area contributed by atoms with E-state index in [-0.39, 0.29) is 18.0 Å². The molecule has 1 N–H and O–H groups in total. The molecule has 0 aliphatic carbocycles. The molecule has 4 rings (SSSR count). The molecule has 13 heteroatoms. The van der Waals surface area contributed by atoms with Crippen molar-refractivity contribution in [3.8, 4) is 0 Å². The molecule has 0 spiro atoms. The Kier molecular flexibility index (Phi) is 9.14. The fraction of sp³-hybridized carbons (Fsp3) is 0.357. The van der Waals surface area contributed by atoms with Crippen LogP contribution in [0.25, 0.3) is 0 Å². The lowest BCUT2D eigenvalue weighted by Crippen LogP contribution is -2.50. The minimum Gasteiger partial charge on any atom is -0.378 e. The quantitative estimate of drug-likeness (QED) is 0.291. The van der Waals surface area contributed by atoms with Crippen LogP contribution in [0.15, 0.2) is 78.2 Å². The van der Waals surface area contributed by atoms with E-state index in [0.717, 1.165) is 18.2 Å². The first-order chi connectivity index (χ1) is 19.5. The van der Waals surface area contributed by atoms with Crippen molar-refractivity contribution >= 4 is 17.3 Å². The van der Waals surface area contributed by atoms with Gasteiger partial charge in [-0.15, -0.1) is 0 Å². The molecule has 41 heavy (non-hydrogen) atoms. The number of rotatable bonds is 9. The Morgan fingerprint density at radius 2 is 1.80 bits per heavy atom. The molecule has 1 aromatic carbocycles. The molecule has 2 aliphatic rings. The maximum absolute atomic E-state index is 14.5. The largest absolute Gasteiger partial charge is 0.378 e. The topological polar surface area (TPSA) is 56.6 Å². The van der Waals surface area contributed by atoms with Gasteiger partial charge in [0.25, 0.3) is 6.43 Å². The second kappa shape index (κ2) is 12.6. The molecule has 7 nitrogen and oxygen atoms in total. The van der Waals surface area contributed by atoms with Gasteiger partial charge in [-0.3, -0.25) is 4.79 Å². The maximum atomic E-state index is 14.5. The van der Waals surface area contributed by atoms with E-state index in [2.05, 4.69) is 17.0 Å². The van der Waals surface area contributed by atoms with E-state index in [1.165, 1.54) is 29.4 Å². The van der Waals surface area contributed by atoms with Gasteiger partial charge in [-0.2, -0.15) is 13.9 Å². The summed E-state index contributed by atoms with van der Waals surface area (Å²) in [5.74, 6) is -1.20. The van der Waals surface area contributed by atoms with Gasteiger partial charge in [0.2, 0.25) is 5.91 Å². The first kappa shape index (κ1) is 29.8. The number of allylic oxidation sites excluding steroid dienone is 3. The summed E-state index contributed by atoms with van der Waals surface area (Å²) >= 11 is 0. The zero-order valence-electron chi connectivity index (χ0n) is 22.5. The van der Waals surface area contributed by atoms with Crippen molar-refractivity contribution in [2.45, 2.75) is 32.4 Å². The highest BCUT2D eigenvalue weighted by Crippen LogP contribution is 2.32. The highest BCUT2D eigenvalue weighted by Gasteiger charge is 2.30. The molecule has 1 atom stereocenters. The van der Waals surface area contributed by atoms with Gasteiger partial charge < -0.3 is 20.0 Å². The summed E-state index contributed by atoms with van der Waals surface area (Å²) in [6.45, 7) is 4.20. The van der Waals surface area contributed by atoms with Crippen LogP contribution in [0.2, 0.25) is 0 Å². The van der Waals surface area contributed by atoms with Crippen molar-refractivity contribution in [3.63, 3.8) is 0 Å². The number of benzene rings is 1. The summed E-state index contributed by atoms with van der Waals surface area (Å²) in [4.78, 5) is 18.4. The monoisotopic (exact) mass is 580 g/mol. The van der Waals surface area contributed by atoms with Crippen molar-refractivity contribution in [3.05, 3.63) is 89.6 Å². The lowest BCUT2D eigenvalue weighted by atomic mass is 9.94. The summed E-state index contributed by atoms with van der Waals surface area (Å²) in [6, 6.07) is 2.22. The van der Waals surface area contributed by atoms with Gasteiger partial charge in [-0.1, -0.05) is 6.58 Å². The minimum atomic E-state index is -2.95. The van der Waals surface area contributed by atoms with Crippen LogP contribution in [0.1, 0.15) is 31.9 Å². The number of aromatic nitrogens is 2. The smallest absolute Gasteiger partial charge is 0.333 e. The summed E-state index contributed by atoms with van der Waals surface area (Å²) < 4.78 is 81.8. The maximum Gasteiger partial charge on any atom is 0.333 e. The number of nitrogens with zero attached hydrogens (tertiary/aromatic N) is 5. The summed E-state index contributed by atoms with van der Waals surface area (Å²) in [5.41, 5.74) is 0.810. The fourth-order valence-corrected chi connectivity index (χ4v) is 4.85. The van der Waals surface area contributed by atoms with Crippen molar-refractivity contribution in [1.29, 1.82) is 0 Å². The van der Waals surface area contributed by atoms with Crippen molar-refractivity contribution in [2.75, 3.05) is 43.4 Å². The lowest BCUT2D eigenvalue weighted by molar-refractivity contribution is -0.129. The number of alkyl halides is 4. The zero-order chi connectivity index (χ0) is 29.8. The van der Waals surface area contributed by atoms with Gasteiger partial charge in [-0.25, -0.2) is 22.2 Å². The molecule has 1 fully saturated rings. The third kappa shape index (κ3) is 6.77. The third-order valence-electron chi connectivity index (χ3n) is 7.07. The number of piperazine rings is 1. The molecule has 220 valence electrons. The highest BCUT2D eigenvalue weighted by molar-refractivity contribution is 5.83. The molecule has 3 heterocycles. The molecular weight excluding hydrogens is 550 g/mol. The van der Waals surface area contributed by atoms with Crippen LogP contribution in [0.4, 0.5) is 37.7 Å². The van der Waals surface area contributed by atoms with Crippen molar-refractivity contribution < 1.29 is 31.1 Å². The van der Waals surface area contributed by atoms with Crippen LogP contribution in [0, 0.1) is 5.82 Å². The number of halogens is 6. The molecule has 0 saturated carbocycles. The first-order valence-corrected chi connectivity index (χ1v) is 12.9. The Bertz CT molecular complexity index is 1380. The molecule has 1 saturated heterocycles. The molecule has 0 unspecified atom stereocenters. The van der Waals surface area contributed by atoms with Crippen LogP contribution in [0.3, 0.4) is 0 Å². The van der Waals surface area contributed by atoms with Crippen LogP contribution in [-0.4, -0.2) is 64.8 Å². The first-order valence-electron chi connectivity index (χ1n) is 12.9. The lowest BCUT2D eigenvalue weighted by Gasteiger charge is -2.41. The van der Waals surface area contributed by atoms with Gasteiger partial charge >= 0.3 is 6.55 Å². The van der Waals surface area contributed by atoms with E-state index in [1.807, 2.05) is 9.80 Å². The number of carbonyl (C=O) groups excluding carboxylic acids is 1. The van der Waals surface area contributed by atoms with Crippen LogP contribution < -0.4 is 10.2 Å². The number of carbonyl (C=O) groups is 1. The van der Waals surface area contributed by atoms with E-state index in [1.54, 1.807) is 20.0 Å². The normalized spacial score (nSPS) is 18.7. The van der Waals surface area contributed by atoms with Crippen LogP contribution >= 0.6 is 0 Å². The fourth-order valence-electron chi connectivity index (χ4n) is 4.85. The standard InChI is InChI=1S/C28H30F6N6O/c1-4-19(29)13-22(17(2)36-24-6-5-20(30)14-23(24)27(31)32)18-11-25(37(3)26(41)12-18)39-9-7-38(8-10-39)21-15-35-40(16-21)28(33)34/h4-6,11,13-17,27-28,36H,1,7-10,12H2,2-3H3/b19-13+,22-18+/t17-/m1/s1. The Morgan fingerprint density at radius 1 is 1.12 bits per heavy atom. The number of nitrogens with one attached hydrogen (secondary N) is 1. The average molecular weight is 581 g/mol. The Morgan fingerprint density at radius 3 is 2.41 bits per heavy atom. The van der Waals surface area contributed by atoms with E-state index in [9.17, 15) is 31.1 Å². The van der Waals surface area contributed by atoms with Gasteiger partial charge in [0.1, 0.15) is 17.5 Å². The predicted molar refractivity (Wildman–Crippen MR) is 144 cm³/mol. The third-order valence-corrected chi connectivity index (χ3v) is 7.07. The Hall–Kier alpha value is -4.16. The molecule has 0 bridgehead atoms. The molecule has 1 aromatic heterocycles. The molecule has 2 aliphatic heterocycles. The predicted octanol–water partition coefficient (Wildman–Crippen LogP) is 6.02. The number of hydrogen-bond donors (Lipinski definition) is 1. The summed E-state index contributed by atoms with van der Waals surface area (Å²) in [7, 11) is 1.62. The van der Waals surface area contributed by atoms with Gasteiger partial charge in [0, 0.05) is 50.5 Å². The van der Waals surface area contributed by atoms with E-state index >= 15 is 0 Å². The number of hydrogen-bond acceptors (Lipinski definition) is 5. The second-order valence-corrected chi connectivity index (χ2v) is 9.67. The van der Waals surface area contributed by atoms with E-state index in [0.29, 0.717) is 53.5 Å². The SMILES string of the molecule is C=C/C(F)=C\C(=C1\C=C(N2CCN(c3cnn(C(F)F)c3)CC2)N(C)C(=O)C1)[C@@H](C)Nc1ccc(F)cc1C(F)F. The van der Waals surface area contributed by atoms with Crippen LogP contribution in [0.5, 0.6) is 0 Å². The van der Waals surface area contributed by atoms with Crippen LogP contribution in [-0.2, 0) is 4.79 Å². The molecule has 1 amide bonds. The number of anilines is 2. The average Bonchev–Trinajstić information content (AvgIpc) is 3.45. The number of amides is 1. The Labute approximate surface area is 233 Å². The molecule has 0 radical (unpaired) electrons. The zero-order valence-corrected chi connectivity index (χ0v) is 22.5. The highest BCUT2D eigenvalue weighted by atomic mass is 19.3.